The zero-order valence-electron chi connectivity index (χ0n) is 12.0. The average molecular weight is 297 g/mol. The van der Waals surface area contributed by atoms with Gasteiger partial charge in [-0.25, -0.2) is 0 Å². The number of hydrogen-bond donors (Lipinski definition) is 2. The molecule has 21 heavy (non-hydrogen) atoms. The van der Waals surface area contributed by atoms with E-state index in [4.69, 9.17) is 5.11 Å². The van der Waals surface area contributed by atoms with Gasteiger partial charge in [-0.3, -0.25) is 19.7 Å². The lowest BCUT2D eigenvalue weighted by atomic mass is 10.0. The van der Waals surface area contributed by atoms with E-state index >= 15 is 0 Å². The van der Waals surface area contributed by atoms with Crippen molar-refractivity contribution in [1.82, 2.24) is 9.88 Å². The number of carboxylic acid groups (broad SMARTS) is 1. The Balaban J connectivity index is 2.44. The number of carboxylic acids is 1. The van der Waals surface area contributed by atoms with Gasteiger partial charge in [-0.2, -0.15) is 0 Å². The molecule has 0 fully saturated rings. The predicted octanol–water partition coefficient (Wildman–Crippen LogP) is 1.55. The van der Waals surface area contributed by atoms with E-state index in [9.17, 15) is 19.7 Å². The van der Waals surface area contributed by atoms with Gasteiger partial charge in [0, 0.05) is 26.1 Å². The first-order valence-corrected chi connectivity index (χ1v) is 6.62. The Bertz CT molecular complexity index is 538. The summed E-state index contributed by atoms with van der Waals surface area (Å²) in [5.41, 5.74) is 0.0948. The largest absolute Gasteiger partial charge is 0.481 e. The van der Waals surface area contributed by atoms with E-state index in [1.807, 2.05) is 6.92 Å². The van der Waals surface area contributed by atoms with Gasteiger partial charge in [0.15, 0.2) is 0 Å². The fraction of sp³-hybridized carbons (Fsp3) is 0.538. The molecule has 116 valence electrons. The Hall–Kier alpha value is -2.38. The normalized spacial score (nSPS) is 11.9. The minimum absolute atomic E-state index is 0.110. The van der Waals surface area contributed by atoms with Crippen LogP contribution in [0.3, 0.4) is 0 Å². The molecule has 1 amide bonds. The number of carbonyl (C=O) groups is 2. The Morgan fingerprint density at radius 2 is 2.14 bits per heavy atom. The van der Waals surface area contributed by atoms with Crippen LogP contribution in [0.25, 0.3) is 0 Å². The third-order valence-electron chi connectivity index (χ3n) is 3.21. The monoisotopic (exact) mass is 297 g/mol. The molecule has 0 aromatic carbocycles. The van der Waals surface area contributed by atoms with Crippen LogP contribution in [0.2, 0.25) is 0 Å². The van der Waals surface area contributed by atoms with Crippen LogP contribution in [0.15, 0.2) is 12.3 Å². The summed E-state index contributed by atoms with van der Waals surface area (Å²) in [6, 6.07) is 1.23. The molecule has 1 rings (SSSR count). The minimum Gasteiger partial charge on any atom is -0.481 e. The maximum atomic E-state index is 11.9. The summed E-state index contributed by atoms with van der Waals surface area (Å²) < 4.78 is 1.40. The summed E-state index contributed by atoms with van der Waals surface area (Å²) in [7, 11) is 1.57. The van der Waals surface area contributed by atoms with Crippen LogP contribution in [0.1, 0.15) is 36.7 Å². The molecule has 0 bridgehead atoms. The summed E-state index contributed by atoms with van der Waals surface area (Å²) in [5, 5.41) is 21.9. The number of nitrogens with one attached hydrogen (secondary N) is 1. The van der Waals surface area contributed by atoms with Crippen molar-refractivity contribution >= 4 is 17.6 Å². The second kappa shape index (κ2) is 7.41. The van der Waals surface area contributed by atoms with Crippen LogP contribution in [0.4, 0.5) is 5.69 Å². The first-order chi connectivity index (χ1) is 9.81. The predicted molar refractivity (Wildman–Crippen MR) is 75.1 cm³/mol. The van der Waals surface area contributed by atoms with Gasteiger partial charge in [0.2, 0.25) is 0 Å². The van der Waals surface area contributed by atoms with Crippen molar-refractivity contribution in [2.75, 3.05) is 6.54 Å². The number of aromatic nitrogens is 1. The van der Waals surface area contributed by atoms with Gasteiger partial charge in [-0.05, 0) is 18.8 Å². The van der Waals surface area contributed by atoms with Gasteiger partial charge in [0.25, 0.3) is 11.6 Å². The number of aryl methyl sites for hydroxylation is 1. The lowest BCUT2D eigenvalue weighted by molar-refractivity contribution is -0.384. The van der Waals surface area contributed by atoms with Crippen molar-refractivity contribution in [1.29, 1.82) is 0 Å². The molecule has 0 saturated carbocycles. The number of aliphatic carboxylic acids is 1. The fourth-order valence-electron chi connectivity index (χ4n) is 1.91. The van der Waals surface area contributed by atoms with Crippen molar-refractivity contribution < 1.29 is 19.6 Å². The van der Waals surface area contributed by atoms with E-state index in [1.54, 1.807) is 7.05 Å². The number of carbonyl (C=O) groups excluding carboxylic acids is 1. The molecule has 0 radical (unpaired) electrons. The van der Waals surface area contributed by atoms with Crippen LogP contribution in [-0.2, 0) is 11.8 Å². The molecule has 8 heteroatoms. The third kappa shape index (κ3) is 5.25. The van der Waals surface area contributed by atoms with Crippen molar-refractivity contribution in [3.63, 3.8) is 0 Å². The van der Waals surface area contributed by atoms with E-state index in [0.29, 0.717) is 19.4 Å². The second-order valence-electron chi connectivity index (χ2n) is 5.03. The molecule has 0 aliphatic rings. The molecular weight excluding hydrogens is 278 g/mol. The lowest BCUT2D eigenvalue weighted by Crippen LogP contribution is -2.27. The van der Waals surface area contributed by atoms with Crippen LogP contribution in [0, 0.1) is 16.0 Å². The molecule has 1 atom stereocenters. The van der Waals surface area contributed by atoms with Crippen LogP contribution >= 0.6 is 0 Å². The van der Waals surface area contributed by atoms with Crippen LogP contribution in [-0.4, -0.2) is 33.0 Å². The highest BCUT2D eigenvalue weighted by Gasteiger charge is 2.17. The van der Waals surface area contributed by atoms with E-state index in [2.05, 4.69) is 5.32 Å². The number of amides is 1. The highest BCUT2D eigenvalue weighted by Crippen LogP contribution is 2.15. The van der Waals surface area contributed by atoms with Crippen molar-refractivity contribution in [2.45, 2.75) is 26.2 Å². The summed E-state index contributed by atoms with van der Waals surface area (Å²) in [4.78, 5) is 32.4. The standard InChI is InChI=1S/C13H19N3O5/c1-9(3-4-12(17)18)5-6-14-13(19)11-7-10(16(20)21)8-15(11)2/h7-9H,3-6H2,1-2H3,(H,14,19)(H,17,18). The summed E-state index contributed by atoms with van der Waals surface area (Å²) in [6.07, 6.45) is 2.61. The molecule has 1 unspecified atom stereocenters. The zero-order chi connectivity index (χ0) is 16.0. The minimum atomic E-state index is -0.831. The Morgan fingerprint density at radius 1 is 1.48 bits per heavy atom. The SMILES string of the molecule is CC(CCNC(=O)c1cc([N+](=O)[O-])cn1C)CCC(=O)O. The Morgan fingerprint density at radius 3 is 2.67 bits per heavy atom. The number of nitro groups is 1. The van der Waals surface area contributed by atoms with Gasteiger partial charge < -0.3 is 15.0 Å². The smallest absolute Gasteiger partial charge is 0.303 e. The fourth-order valence-corrected chi connectivity index (χ4v) is 1.91. The average Bonchev–Trinajstić information content (AvgIpc) is 2.78. The van der Waals surface area contributed by atoms with Gasteiger partial charge in [0.1, 0.15) is 5.69 Å². The summed E-state index contributed by atoms with van der Waals surface area (Å²) in [5.74, 6) is -1.03. The summed E-state index contributed by atoms with van der Waals surface area (Å²) >= 11 is 0. The van der Waals surface area contributed by atoms with E-state index in [0.717, 1.165) is 0 Å². The number of hydrogen-bond acceptors (Lipinski definition) is 4. The number of rotatable bonds is 8. The number of nitrogens with zero attached hydrogens (tertiary/aromatic N) is 2. The van der Waals surface area contributed by atoms with Crippen molar-refractivity contribution in [3.8, 4) is 0 Å². The van der Waals surface area contributed by atoms with E-state index < -0.39 is 10.9 Å². The van der Waals surface area contributed by atoms with Gasteiger partial charge in [-0.15, -0.1) is 0 Å². The Labute approximate surface area is 121 Å². The second-order valence-corrected chi connectivity index (χ2v) is 5.03. The third-order valence-corrected chi connectivity index (χ3v) is 3.21. The first kappa shape index (κ1) is 16.7. The van der Waals surface area contributed by atoms with Crippen LogP contribution < -0.4 is 5.32 Å². The van der Waals surface area contributed by atoms with E-state index in [-0.39, 0.29) is 29.6 Å². The van der Waals surface area contributed by atoms with Crippen molar-refractivity contribution in [2.24, 2.45) is 13.0 Å². The maximum absolute atomic E-state index is 11.9. The van der Waals surface area contributed by atoms with Gasteiger partial charge in [0.05, 0.1) is 11.1 Å². The van der Waals surface area contributed by atoms with Crippen LogP contribution in [0.5, 0.6) is 0 Å². The summed E-state index contributed by atoms with van der Waals surface area (Å²) in [6.45, 7) is 2.32. The lowest BCUT2D eigenvalue weighted by Gasteiger charge is -2.10. The maximum Gasteiger partial charge on any atom is 0.303 e. The highest BCUT2D eigenvalue weighted by molar-refractivity contribution is 5.93. The molecule has 0 aliphatic heterocycles. The molecule has 1 aromatic heterocycles. The molecular formula is C13H19N3O5. The molecule has 1 aromatic rings. The van der Waals surface area contributed by atoms with Crippen molar-refractivity contribution in [3.05, 3.63) is 28.1 Å². The molecule has 8 nitrogen and oxygen atoms in total. The molecule has 2 N–H and O–H groups in total. The molecule has 1 heterocycles. The van der Waals surface area contributed by atoms with E-state index in [1.165, 1.54) is 16.8 Å². The molecule has 0 saturated heterocycles. The Kier molecular flexibility index (Phi) is 5.89. The quantitative estimate of drug-likeness (QED) is 0.558. The topological polar surface area (TPSA) is 114 Å². The highest BCUT2D eigenvalue weighted by atomic mass is 16.6. The first-order valence-electron chi connectivity index (χ1n) is 6.62. The van der Waals surface area contributed by atoms with Gasteiger partial charge in [-0.1, -0.05) is 6.92 Å². The molecule has 0 spiro atoms. The zero-order valence-corrected chi connectivity index (χ0v) is 12.0. The molecule has 0 aliphatic carbocycles. The van der Waals surface area contributed by atoms with Gasteiger partial charge >= 0.3 is 5.97 Å².